The molecule has 0 aliphatic rings. The van der Waals surface area contributed by atoms with E-state index in [2.05, 4.69) is 21.2 Å². The molecular weight excluding hydrogens is 291 g/mol. The topological polar surface area (TPSA) is 55.1 Å². The minimum Gasteiger partial charge on any atom is -0.324 e. The molecule has 5 heteroatoms. The Hall–Kier alpha value is -0.580. The maximum atomic E-state index is 11.7. The molecule has 0 heterocycles. The summed E-state index contributed by atoms with van der Waals surface area (Å²) in [7, 11) is 0. The maximum absolute atomic E-state index is 11.7. The van der Waals surface area contributed by atoms with Crippen LogP contribution in [0.2, 0.25) is 5.02 Å². The molecule has 16 heavy (non-hydrogen) atoms. The number of carbonyl (C=O) groups excluding carboxylic acids is 1. The second-order valence-electron chi connectivity index (χ2n) is 3.49. The number of amides is 1. The first-order valence-electron chi connectivity index (χ1n) is 5.06. The molecule has 88 valence electrons. The van der Waals surface area contributed by atoms with E-state index in [1.165, 1.54) is 0 Å². The molecule has 1 atom stereocenters. The molecule has 0 bridgehead atoms. The number of halogens is 2. The molecule has 1 aromatic rings. The van der Waals surface area contributed by atoms with Crippen molar-refractivity contribution in [3.05, 3.63) is 27.7 Å². The quantitative estimate of drug-likeness (QED) is 0.897. The zero-order valence-electron chi connectivity index (χ0n) is 8.97. The van der Waals surface area contributed by atoms with Crippen molar-refractivity contribution < 1.29 is 4.79 Å². The Morgan fingerprint density at radius 1 is 1.62 bits per heavy atom. The second-order valence-corrected chi connectivity index (χ2v) is 4.69. The molecule has 0 saturated heterocycles. The summed E-state index contributed by atoms with van der Waals surface area (Å²) in [6.07, 6.45) is 1.55. The van der Waals surface area contributed by atoms with E-state index in [1.54, 1.807) is 18.2 Å². The van der Waals surface area contributed by atoms with E-state index in [0.29, 0.717) is 21.6 Å². The van der Waals surface area contributed by atoms with Crippen LogP contribution in [0.3, 0.4) is 0 Å². The Bertz CT molecular complexity index is 384. The fourth-order valence-corrected chi connectivity index (χ4v) is 1.81. The van der Waals surface area contributed by atoms with E-state index in [4.69, 9.17) is 17.3 Å². The Balaban J connectivity index is 2.73. The van der Waals surface area contributed by atoms with Gasteiger partial charge >= 0.3 is 0 Å². The third kappa shape index (κ3) is 3.47. The van der Waals surface area contributed by atoms with Gasteiger partial charge in [-0.1, -0.05) is 31.0 Å². The lowest BCUT2D eigenvalue weighted by atomic mass is 10.1. The molecule has 0 fully saturated rings. The van der Waals surface area contributed by atoms with E-state index < -0.39 is 6.04 Å². The van der Waals surface area contributed by atoms with Crippen molar-refractivity contribution in [3.8, 4) is 0 Å². The van der Waals surface area contributed by atoms with Crippen molar-refractivity contribution in [2.24, 2.45) is 5.73 Å². The van der Waals surface area contributed by atoms with Crippen LogP contribution in [0.25, 0.3) is 0 Å². The van der Waals surface area contributed by atoms with Gasteiger partial charge in [-0.3, -0.25) is 4.79 Å². The Morgan fingerprint density at radius 2 is 2.31 bits per heavy atom. The Labute approximate surface area is 108 Å². The van der Waals surface area contributed by atoms with Crippen molar-refractivity contribution >= 4 is 39.1 Å². The van der Waals surface area contributed by atoms with Crippen LogP contribution in [-0.4, -0.2) is 11.9 Å². The molecule has 0 aromatic heterocycles. The van der Waals surface area contributed by atoms with Gasteiger partial charge in [-0.05, 0) is 34.5 Å². The zero-order valence-corrected chi connectivity index (χ0v) is 11.3. The van der Waals surface area contributed by atoms with Crippen LogP contribution >= 0.6 is 27.5 Å². The zero-order chi connectivity index (χ0) is 12.1. The van der Waals surface area contributed by atoms with Gasteiger partial charge in [0, 0.05) is 0 Å². The fourth-order valence-electron chi connectivity index (χ4n) is 1.27. The average Bonchev–Trinajstić information content (AvgIpc) is 2.25. The summed E-state index contributed by atoms with van der Waals surface area (Å²) < 4.78 is 0.675. The lowest BCUT2D eigenvalue weighted by molar-refractivity contribution is -0.117. The van der Waals surface area contributed by atoms with Crippen molar-refractivity contribution in [2.45, 2.75) is 25.8 Å². The SMILES string of the molecule is CCCC(N)C(=O)Nc1cccc(Cl)c1Br. The third-order valence-electron chi connectivity index (χ3n) is 2.15. The van der Waals surface area contributed by atoms with Gasteiger partial charge in [-0.15, -0.1) is 0 Å². The lowest BCUT2D eigenvalue weighted by Gasteiger charge is -2.12. The molecule has 0 aliphatic heterocycles. The van der Waals surface area contributed by atoms with Crippen LogP contribution in [0.5, 0.6) is 0 Å². The van der Waals surface area contributed by atoms with Crippen LogP contribution < -0.4 is 11.1 Å². The molecule has 3 N–H and O–H groups in total. The summed E-state index contributed by atoms with van der Waals surface area (Å²) in [6, 6.07) is 4.81. The summed E-state index contributed by atoms with van der Waals surface area (Å²) in [4.78, 5) is 11.7. The van der Waals surface area contributed by atoms with Crippen LogP contribution in [-0.2, 0) is 4.79 Å². The van der Waals surface area contributed by atoms with E-state index in [9.17, 15) is 4.79 Å². The maximum Gasteiger partial charge on any atom is 0.241 e. The number of nitrogens with two attached hydrogens (primary N) is 1. The van der Waals surface area contributed by atoms with E-state index in [-0.39, 0.29) is 5.91 Å². The molecule has 0 aliphatic carbocycles. The van der Waals surface area contributed by atoms with Crippen molar-refractivity contribution in [1.82, 2.24) is 0 Å². The minimum absolute atomic E-state index is 0.190. The number of hydrogen-bond donors (Lipinski definition) is 2. The Morgan fingerprint density at radius 3 is 2.94 bits per heavy atom. The smallest absolute Gasteiger partial charge is 0.241 e. The highest BCUT2D eigenvalue weighted by Gasteiger charge is 2.14. The average molecular weight is 306 g/mol. The van der Waals surface area contributed by atoms with E-state index in [1.807, 2.05) is 6.92 Å². The highest BCUT2D eigenvalue weighted by Crippen LogP contribution is 2.30. The Kier molecular flexibility index (Phi) is 5.25. The summed E-state index contributed by atoms with van der Waals surface area (Å²) in [5.74, 6) is -0.190. The van der Waals surface area contributed by atoms with Crippen molar-refractivity contribution in [1.29, 1.82) is 0 Å². The van der Waals surface area contributed by atoms with Gasteiger partial charge in [-0.25, -0.2) is 0 Å². The van der Waals surface area contributed by atoms with Gasteiger partial charge in [0.2, 0.25) is 5.91 Å². The summed E-state index contributed by atoms with van der Waals surface area (Å²) in [6.45, 7) is 1.99. The van der Waals surface area contributed by atoms with Gasteiger partial charge in [0.05, 0.1) is 21.2 Å². The van der Waals surface area contributed by atoms with Gasteiger partial charge in [-0.2, -0.15) is 0 Å². The first kappa shape index (κ1) is 13.5. The monoisotopic (exact) mass is 304 g/mol. The molecule has 1 aromatic carbocycles. The van der Waals surface area contributed by atoms with Crippen molar-refractivity contribution in [3.63, 3.8) is 0 Å². The van der Waals surface area contributed by atoms with Crippen LogP contribution in [0.15, 0.2) is 22.7 Å². The van der Waals surface area contributed by atoms with Crippen LogP contribution in [0, 0.1) is 0 Å². The second kappa shape index (κ2) is 6.23. The summed E-state index contributed by atoms with van der Waals surface area (Å²) >= 11 is 9.22. The fraction of sp³-hybridized carbons (Fsp3) is 0.364. The standard InChI is InChI=1S/C11H14BrClN2O/c1-2-4-8(14)11(16)15-9-6-3-5-7(13)10(9)12/h3,5-6,8H,2,4,14H2,1H3,(H,15,16). The summed E-state index contributed by atoms with van der Waals surface area (Å²) in [5.41, 5.74) is 6.35. The normalized spacial score (nSPS) is 12.2. The minimum atomic E-state index is -0.476. The van der Waals surface area contributed by atoms with Crippen LogP contribution in [0.4, 0.5) is 5.69 Å². The van der Waals surface area contributed by atoms with Gasteiger partial charge in [0.1, 0.15) is 0 Å². The molecule has 0 spiro atoms. The molecule has 1 unspecified atom stereocenters. The van der Waals surface area contributed by atoms with Crippen LogP contribution in [0.1, 0.15) is 19.8 Å². The molecule has 1 rings (SSSR count). The number of rotatable bonds is 4. The predicted molar refractivity (Wildman–Crippen MR) is 70.7 cm³/mol. The molecular formula is C11H14BrClN2O. The molecule has 0 saturated carbocycles. The van der Waals surface area contributed by atoms with Gasteiger partial charge in [0.25, 0.3) is 0 Å². The van der Waals surface area contributed by atoms with Crippen molar-refractivity contribution in [2.75, 3.05) is 5.32 Å². The van der Waals surface area contributed by atoms with E-state index in [0.717, 1.165) is 6.42 Å². The molecule has 3 nitrogen and oxygen atoms in total. The van der Waals surface area contributed by atoms with Gasteiger partial charge in [0.15, 0.2) is 0 Å². The molecule has 1 amide bonds. The third-order valence-corrected chi connectivity index (χ3v) is 3.54. The summed E-state index contributed by atoms with van der Waals surface area (Å²) in [5, 5.41) is 3.30. The number of carbonyl (C=O) groups is 1. The van der Waals surface area contributed by atoms with E-state index >= 15 is 0 Å². The number of nitrogens with one attached hydrogen (secondary N) is 1. The number of anilines is 1. The highest BCUT2D eigenvalue weighted by molar-refractivity contribution is 9.10. The largest absolute Gasteiger partial charge is 0.324 e. The predicted octanol–water partition coefficient (Wildman–Crippen LogP) is 3.17. The lowest BCUT2D eigenvalue weighted by Crippen LogP contribution is -2.35. The van der Waals surface area contributed by atoms with Gasteiger partial charge < -0.3 is 11.1 Å². The number of benzene rings is 1. The first-order chi connectivity index (χ1) is 7.56. The highest BCUT2D eigenvalue weighted by atomic mass is 79.9. The number of hydrogen-bond acceptors (Lipinski definition) is 2. The molecule has 0 radical (unpaired) electrons. The first-order valence-corrected chi connectivity index (χ1v) is 6.23.